The van der Waals surface area contributed by atoms with Crippen LogP contribution >= 0.6 is 23.2 Å². The second kappa shape index (κ2) is 6.83. The van der Waals surface area contributed by atoms with Crippen molar-refractivity contribution in [2.45, 2.75) is 20.3 Å². The molecule has 0 spiro atoms. The fraction of sp³-hybridized carbons (Fsp3) is 0.188. The normalized spacial score (nSPS) is 10.3. The molecule has 3 nitrogen and oxygen atoms in total. The van der Waals surface area contributed by atoms with Gasteiger partial charge in [-0.1, -0.05) is 36.2 Å². The zero-order valence-corrected chi connectivity index (χ0v) is 13.3. The fourth-order valence-corrected chi connectivity index (χ4v) is 2.21. The van der Waals surface area contributed by atoms with Gasteiger partial charge < -0.3 is 4.74 Å². The molecule has 2 rings (SSSR count). The summed E-state index contributed by atoms with van der Waals surface area (Å²) in [7, 11) is 0. The van der Waals surface area contributed by atoms with Crippen molar-refractivity contribution in [1.29, 1.82) is 0 Å². The molecule has 0 aliphatic carbocycles. The van der Waals surface area contributed by atoms with E-state index in [0.717, 1.165) is 17.5 Å². The predicted octanol–water partition coefficient (Wildman–Crippen LogP) is 5.48. The number of carbonyl (C=O) groups is 1. The number of nitrogens with one attached hydrogen (secondary N) is 1. The zero-order chi connectivity index (χ0) is 15.4. The molecule has 1 amide bonds. The quantitative estimate of drug-likeness (QED) is 0.812. The SMILES string of the molecule is CCc1cc(C)cc(OC(=O)Nc2ccc(Cl)c(Cl)c2)c1. The van der Waals surface area contributed by atoms with E-state index in [2.05, 4.69) is 11.4 Å². The first-order valence-electron chi connectivity index (χ1n) is 6.52. The standard InChI is InChI=1S/C16H15Cl2NO2/c1-3-11-6-10(2)7-13(8-11)21-16(20)19-12-4-5-14(17)15(18)9-12/h4-9H,3H2,1-2H3,(H,19,20). The Kier molecular flexibility index (Phi) is 5.10. The predicted molar refractivity (Wildman–Crippen MR) is 86.7 cm³/mol. The Morgan fingerprint density at radius 2 is 1.90 bits per heavy atom. The highest BCUT2D eigenvalue weighted by atomic mass is 35.5. The maximum Gasteiger partial charge on any atom is 0.417 e. The Labute approximate surface area is 133 Å². The third kappa shape index (κ3) is 4.38. The van der Waals surface area contributed by atoms with Crippen LogP contribution in [0.2, 0.25) is 10.0 Å². The first-order chi connectivity index (χ1) is 9.97. The molecule has 0 unspecified atom stereocenters. The molecule has 0 aromatic heterocycles. The summed E-state index contributed by atoms with van der Waals surface area (Å²) in [5, 5.41) is 3.42. The summed E-state index contributed by atoms with van der Waals surface area (Å²) >= 11 is 11.7. The second-order valence-corrected chi connectivity index (χ2v) is 5.47. The molecule has 0 fully saturated rings. The molecule has 0 aliphatic heterocycles. The molecule has 0 aliphatic rings. The van der Waals surface area contributed by atoms with Crippen molar-refractivity contribution in [1.82, 2.24) is 0 Å². The average Bonchev–Trinajstić information content (AvgIpc) is 2.42. The smallest absolute Gasteiger partial charge is 0.410 e. The second-order valence-electron chi connectivity index (χ2n) is 4.65. The van der Waals surface area contributed by atoms with Gasteiger partial charge in [0, 0.05) is 5.69 Å². The Morgan fingerprint density at radius 3 is 2.57 bits per heavy atom. The van der Waals surface area contributed by atoms with E-state index in [9.17, 15) is 4.79 Å². The number of benzene rings is 2. The van der Waals surface area contributed by atoms with Crippen molar-refractivity contribution in [2.24, 2.45) is 0 Å². The van der Waals surface area contributed by atoms with E-state index in [1.165, 1.54) is 0 Å². The molecule has 0 atom stereocenters. The lowest BCUT2D eigenvalue weighted by atomic mass is 10.1. The van der Waals surface area contributed by atoms with E-state index in [-0.39, 0.29) is 0 Å². The van der Waals surface area contributed by atoms with Crippen LogP contribution in [0, 0.1) is 6.92 Å². The number of aryl methyl sites for hydroxylation is 2. The highest BCUT2D eigenvalue weighted by Gasteiger charge is 2.08. The third-order valence-electron chi connectivity index (χ3n) is 2.90. The van der Waals surface area contributed by atoms with Crippen LogP contribution in [0.4, 0.5) is 10.5 Å². The van der Waals surface area contributed by atoms with Gasteiger partial charge in [-0.15, -0.1) is 0 Å². The van der Waals surface area contributed by atoms with Crippen LogP contribution in [0.1, 0.15) is 18.1 Å². The van der Waals surface area contributed by atoms with Crippen LogP contribution < -0.4 is 10.1 Å². The van der Waals surface area contributed by atoms with Crippen molar-refractivity contribution >= 4 is 35.0 Å². The van der Waals surface area contributed by atoms with Crippen molar-refractivity contribution in [3.05, 3.63) is 57.6 Å². The average molecular weight is 324 g/mol. The molecule has 0 saturated carbocycles. The fourth-order valence-electron chi connectivity index (χ4n) is 1.91. The lowest BCUT2D eigenvalue weighted by molar-refractivity contribution is 0.215. The molecular formula is C16H15Cl2NO2. The van der Waals surface area contributed by atoms with Crippen molar-refractivity contribution in [3.8, 4) is 5.75 Å². The van der Waals surface area contributed by atoms with Crippen LogP contribution in [0.3, 0.4) is 0 Å². The van der Waals surface area contributed by atoms with Crippen molar-refractivity contribution in [2.75, 3.05) is 5.32 Å². The number of halogens is 2. The van der Waals surface area contributed by atoms with E-state index in [1.54, 1.807) is 18.2 Å². The Morgan fingerprint density at radius 1 is 1.14 bits per heavy atom. The van der Waals surface area contributed by atoms with Crippen LogP contribution in [0.5, 0.6) is 5.75 Å². The van der Waals surface area contributed by atoms with E-state index in [0.29, 0.717) is 21.5 Å². The summed E-state index contributed by atoms with van der Waals surface area (Å²) < 4.78 is 5.29. The van der Waals surface area contributed by atoms with Gasteiger partial charge in [-0.3, -0.25) is 5.32 Å². The highest BCUT2D eigenvalue weighted by molar-refractivity contribution is 6.42. The summed E-state index contributed by atoms with van der Waals surface area (Å²) in [4.78, 5) is 11.9. The Bertz CT molecular complexity index is 671. The van der Waals surface area contributed by atoms with Gasteiger partial charge in [0.15, 0.2) is 0 Å². The van der Waals surface area contributed by atoms with E-state index >= 15 is 0 Å². The summed E-state index contributed by atoms with van der Waals surface area (Å²) in [5.74, 6) is 0.518. The number of ether oxygens (including phenoxy) is 1. The van der Waals surface area contributed by atoms with Crippen LogP contribution in [0.15, 0.2) is 36.4 Å². The molecular weight excluding hydrogens is 309 g/mol. The maximum atomic E-state index is 11.9. The monoisotopic (exact) mass is 323 g/mol. The first kappa shape index (κ1) is 15.7. The molecule has 110 valence electrons. The molecule has 0 heterocycles. The van der Waals surface area contributed by atoms with Crippen LogP contribution in [-0.2, 0) is 6.42 Å². The molecule has 0 bridgehead atoms. The van der Waals surface area contributed by atoms with Crippen LogP contribution in [0.25, 0.3) is 0 Å². The summed E-state index contributed by atoms with van der Waals surface area (Å²) in [5.41, 5.74) is 2.69. The molecule has 2 aromatic rings. The van der Waals surface area contributed by atoms with Gasteiger partial charge in [-0.25, -0.2) is 4.79 Å². The van der Waals surface area contributed by atoms with E-state index < -0.39 is 6.09 Å². The summed E-state index contributed by atoms with van der Waals surface area (Å²) in [6, 6.07) is 10.6. The zero-order valence-electron chi connectivity index (χ0n) is 11.7. The van der Waals surface area contributed by atoms with Gasteiger partial charge in [0.1, 0.15) is 5.75 Å². The number of hydrogen-bond donors (Lipinski definition) is 1. The number of anilines is 1. The molecule has 2 aromatic carbocycles. The van der Waals surface area contributed by atoms with Gasteiger partial charge in [0.05, 0.1) is 10.0 Å². The topological polar surface area (TPSA) is 38.3 Å². The van der Waals surface area contributed by atoms with Gasteiger partial charge in [0.25, 0.3) is 0 Å². The molecule has 5 heteroatoms. The van der Waals surface area contributed by atoms with Crippen molar-refractivity contribution < 1.29 is 9.53 Å². The largest absolute Gasteiger partial charge is 0.417 e. The molecule has 0 saturated heterocycles. The van der Waals surface area contributed by atoms with Crippen molar-refractivity contribution in [3.63, 3.8) is 0 Å². The number of rotatable bonds is 3. The first-order valence-corrected chi connectivity index (χ1v) is 7.28. The number of hydrogen-bond acceptors (Lipinski definition) is 2. The summed E-state index contributed by atoms with van der Waals surface area (Å²) in [6.45, 7) is 4.01. The minimum Gasteiger partial charge on any atom is -0.410 e. The molecule has 1 N–H and O–H groups in total. The van der Waals surface area contributed by atoms with E-state index in [1.807, 2.05) is 26.0 Å². The maximum absolute atomic E-state index is 11.9. The third-order valence-corrected chi connectivity index (χ3v) is 3.63. The molecule has 21 heavy (non-hydrogen) atoms. The Hall–Kier alpha value is -1.71. The lowest BCUT2D eigenvalue weighted by Gasteiger charge is -2.09. The Balaban J connectivity index is 2.07. The minimum atomic E-state index is -0.568. The van der Waals surface area contributed by atoms with E-state index in [4.69, 9.17) is 27.9 Å². The lowest BCUT2D eigenvalue weighted by Crippen LogP contribution is -2.16. The number of amides is 1. The highest BCUT2D eigenvalue weighted by Crippen LogP contribution is 2.25. The molecule has 0 radical (unpaired) electrons. The van der Waals surface area contributed by atoms with Gasteiger partial charge in [-0.2, -0.15) is 0 Å². The van der Waals surface area contributed by atoms with Gasteiger partial charge >= 0.3 is 6.09 Å². The minimum absolute atomic E-state index is 0.373. The van der Waals surface area contributed by atoms with Crippen LogP contribution in [-0.4, -0.2) is 6.09 Å². The summed E-state index contributed by atoms with van der Waals surface area (Å²) in [6.07, 6.45) is 0.313. The van der Waals surface area contributed by atoms with Gasteiger partial charge in [-0.05, 0) is 54.8 Å². The number of carbonyl (C=O) groups excluding carboxylic acids is 1. The van der Waals surface area contributed by atoms with Gasteiger partial charge in [0.2, 0.25) is 0 Å².